The van der Waals surface area contributed by atoms with Gasteiger partial charge in [-0.1, -0.05) is 66.7 Å². The predicted octanol–water partition coefficient (Wildman–Crippen LogP) is 4.53. The molecule has 3 aliphatic carbocycles. The summed E-state index contributed by atoms with van der Waals surface area (Å²) in [6, 6.07) is 23.3. The summed E-state index contributed by atoms with van der Waals surface area (Å²) in [4.78, 5) is 60.1. The molecule has 2 unspecified atom stereocenters. The lowest BCUT2D eigenvalue weighted by atomic mass is 9.45. The molecule has 212 valence electrons. The van der Waals surface area contributed by atoms with Crippen LogP contribution in [-0.2, 0) is 24.6 Å². The molecule has 6 atom stereocenters. The van der Waals surface area contributed by atoms with Crippen LogP contribution in [0.25, 0.3) is 0 Å². The third-order valence-corrected chi connectivity index (χ3v) is 9.24. The van der Waals surface area contributed by atoms with Gasteiger partial charge in [-0.3, -0.25) is 19.2 Å². The Hall–Kier alpha value is -4.72. The summed E-state index contributed by atoms with van der Waals surface area (Å²) >= 11 is 0. The zero-order valence-electron chi connectivity index (χ0n) is 23.3. The van der Waals surface area contributed by atoms with Crippen molar-refractivity contribution in [2.45, 2.75) is 19.3 Å². The van der Waals surface area contributed by atoms with Crippen LogP contribution in [0.4, 0.5) is 11.4 Å². The third-order valence-electron chi connectivity index (χ3n) is 9.24. The van der Waals surface area contributed by atoms with Gasteiger partial charge in [0.1, 0.15) is 11.5 Å². The van der Waals surface area contributed by atoms with Gasteiger partial charge >= 0.3 is 0 Å². The Kier molecular flexibility index (Phi) is 6.04. The Morgan fingerprint density at radius 1 is 0.619 bits per heavy atom. The van der Waals surface area contributed by atoms with Crippen LogP contribution in [0.15, 0.2) is 91.0 Å². The molecule has 0 aromatic heterocycles. The van der Waals surface area contributed by atoms with Gasteiger partial charge in [-0.25, -0.2) is 9.80 Å². The van der Waals surface area contributed by atoms with E-state index in [4.69, 9.17) is 9.47 Å². The number of hydrogen-bond acceptors (Lipinski definition) is 6. The van der Waals surface area contributed by atoms with Crippen molar-refractivity contribution in [2.24, 2.45) is 29.6 Å². The molecule has 42 heavy (non-hydrogen) atoms. The first-order valence-electron chi connectivity index (χ1n) is 14.4. The monoisotopic (exact) mass is 562 g/mol. The number of carbonyl (C=O) groups excluding carboxylic acids is 4. The maximum absolute atomic E-state index is 14.5. The van der Waals surface area contributed by atoms with E-state index in [2.05, 4.69) is 0 Å². The maximum Gasteiger partial charge on any atom is 0.239 e. The number of carbonyl (C=O) groups is 4. The van der Waals surface area contributed by atoms with Crippen LogP contribution < -0.4 is 19.3 Å². The number of benzene rings is 3. The molecule has 0 N–H and O–H groups in total. The van der Waals surface area contributed by atoms with Crippen LogP contribution in [0.5, 0.6) is 11.5 Å². The van der Waals surface area contributed by atoms with E-state index in [0.29, 0.717) is 36.1 Å². The Labute approximate surface area is 243 Å². The molecular formula is C34H30N2O6. The SMILES string of the molecule is CCOc1ccccc1N1C(=O)[C@@H]2[C@@H](C1=O)C1C=CC2(c2ccccc2)[C@H]2C(=O)N(c3ccccc3OCC)C(=O)[C@H]12. The van der Waals surface area contributed by atoms with Crippen molar-refractivity contribution in [1.82, 2.24) is 0 Å². The fraction of sp³-hybridized carbons (Fsp3) is 0.294. The van der Waals surface area contributed by atoms with E-state index in [0.717, 1.165) is 5.56 Å². The topological polar surface area (TPSA) is 93.2 Å². The highest BCUT2D eigenvalue weighted by Gasteiger charge is 2.75. The molecule has 4 amide bonds. The zero-order chi connectivity index (χ0) is 29.2. The normalized spacial score (nSPS) is 29.2. The van der Waals surface area contributed by atoms with Gasteiger partial charge in [-0.2, -0.15) is 0 Å². The third kappa shape index (κ3) is 3.35. The number of ether oxygens (including phenoxy) is 2. The van der Waals surface area contributed by atoms with Crippen LogP contribution in [0.2, 0.25) is 0 Å². The lowest BCUT2D eigenvalue weighted by molar-refractivity contribution is -0.140. The lowest BCUT2D eigenvalue weighted by Gasteiger charge is -2.53. The standard InChI is InChI=1S/C34H30N2O6/c1-3-41-24-16-10-8-14-22(24)35-30(37)26-21-18-19-34(28(26)32(35)39,20-12-6-5-7-13-20)29-27(21)31(38)36(33(29)40)23-15-9-11-17-25(23)42-4-2/h5-19,21,26-29H,3-4H2,1-2H3/t21?,26-,27+,28-,29+,34?. The number of allylic oxidation sites excluding steroid dienone is 2. The molecule has 2 bridgehead atoms. The molecular weight excluding hydrogens is 532 g/mol. The van der Waals surface area contributed by atoms with Crippen molar-refractivity contribution < 1.29 is 28.7 Å². The van der Waals surface area contributed by atoms with E-state index in [9.17, 15) is 19.2 Å². The Bertz CT molecular complexity index is 1550. The van der Waals surface area contributed by atoms with Crippen molar-refractivity contribution in [2.75, 3.05) is 23.0 Å². The van der Waals surface area contributed by atoms with Crippen LogP contribution in [0.3, 0.4) is 0 Å². The lowest BCUT2D eigenvalue weighted by Crippen LogP contribution is -2.60. The first-order valence-corrected chi connectivity index (χ1v) is 14.4. The van der Waals surface area contributed by atoms with Gasteiger partial charge in [0.25, 0.3) is 0 Å². The number of hydrogen-bond donors (Lipinski definition) is 0. The smallest absolute Gasteiger partial charge is 0.239 e. The molecule has 1 saturated carbocycles. The summed E-state index contributed by atoms with van der Waals surface area (Å²) in [5.74, 6) is -4.63. The van der Waals surface area contributed by atoms with Crippen LogP contribution in [0, 0.1) is 29.6 Å². The second kappa shape index (κ2) is 9.69. The number of nitrogens with zero attached hydrogens (tertiary/aromatic N) is 2. The molecule has 8 nitrogen and oxygen atoms in total. The largest absolute Gasteiger partial charge is 0.492 e. The molecule has 5 aliphatic rings. The van der Waals surface area contributed by atoms with Gasteiger partial charge < -0.3 is 9.47 Å². The molecule has 2 heterocycles. The van der Waals surface area contributed by atoms with Crippen LogP contribution in [-0.4, -0.2) is 36.8 Å². The van der Waals surface area contributed by atoms with Gasteiger partial charge in [0.2, 0.25) is 23.6 Å². The van der Waals surface area contributed by atoms with E-state index < -0.39 is 35.0 Å². The maximum atomic E-state index is 14.5. The number of anilines is 2. The quantitative estimate of drug-likeness (QED) is 0.310. The number of rotatable bonds is 7. The van der Waals surface area contributed by atoms with E-state index >= 15 is 0 Å². The minimum atomic E-state index is -1.20. The Morgan fingerprint density at radius 2 is 1.07 bits per heavy atom. The molecule has 3 aromatic carbocycles. The summed E-state index contributed by atoms with van der Waals surface area (Å²) in [7, 11) is 0. The van der Waals surface area contributed by atoms with Crippen molar-refractivity contribution in [3.63, 3.8) is 0 Å². The molecule has 3 aromatic rings. The van der Waals surface area contributed by atoms with E-state index in [1.165, 1.54) is 9.80 Å². The molecule has 0 spiro atoms. The van der Waals surface area contributed by atoms with Gasteiger partial charge in [0.05, 0.1) is 48.3 Å². The van der Waals surface area contributed by atoms with Crippen molar-refractivity contribution in [3.8, 4) is 11.5 Å². The van der Waals surface area contributed by atoms with Crippen molar-refractivity contribution in [1.29, 1.82) is 0 Å². The fourth-order valence-corrected chi connectivity index (χ4v) is 7.79. The minimum absolute atomic E-state index is 0.366. The number of amides is 4. The second-order valence-corrected chi connectivity index (χ2v) is 11.1. The average Bonchev–Trinajstić information content (AvgIpc) is 3.45. The average molecular weight is 563 g/mol. The summed E-state index contributed by atoms with van der Waals surface area (Å²) in [6.45, 7) is 4.41. The molecule has 2 aliphatic heterocycles. The molecule has 3 fully saturated rings. The van der Waals surface area contributed by atoms with E-state index in [1.54, 1.807) is 48.5 Å². The highest BCUT2D eigenvalue weighted by atomic mass is 16.5. The molecule has 0 radical (unpaired) electrons. The first-order chi connectivity index (χ1) is 20.5. The number of imide groups is 2. The molecule has 8 rings (SSSR count). The highest BCUT2D eigenvalue weighted by Crippen LogP contribution is 2.65. The van der Waals surface area contributed by atoms with E-state index in [1.807, 2.05) is 56.3 Å². The Morgan fingerprint density at radius 3 is 1.55 bits per heavy atom. The Balaban J connectivity index is 1.41. The number of para-hydroxylation sites is 4. The van der Waals surface area contributed by atoms with E-state index in [-0.39, 0.29) is 23.6 Å². The van der Waals surface area contributed by atoms with Crippen LogP contribution >= 0.6 is 0 Å². The van der Waals surface area contributed by atoms with Gasteiger partial charge in [-0.15, -0.1) is 0 Å². The second-order valence-electron chi connectivity index (χ2n) is 11.1. The van der Waals surface area contributed by atoms with Gasteiger partial charge in [-0.05, 0) is 43.7 Å². The zero-order valence-corrected chi connectivity index (χ0v) is 23.3. The predicted molar refractivity (Wildman–Crippen MR) is 155 cm³/mol. The molecule has 2 saturated heterocycles. The minimum Gasteiger partial charge on any atom is -0.492 e. The first kappa shape index (κ1) is 26.2. The fourth-order valence-electron chi connectivity index (χ4n) is 7.79. The van der Waals surface area contributed by atoms with Crippen molar-refractivity contribution in [3.05, 3.63) is 96.6 Å². The molecule has 8 heteroatoms. The van der Waals surface area contributed by atoms with Gasteiger partial charge in [0.15, 0.2) is 0 Å². The van der Waals surface area contributed by atoms with Crippen molar-refractivity contribution >= 4 is 35.0 Å². The summed E-state index contributed by atoms with van der Waals surface area (Å²) < 4.78 is 11.6. The van der Waals surface area contributed by atoms with Crippen LogP contribution in [0.1, 0.15) is 19.4 Å². The summed E-state index contributed by atoms with van der Waals surface area (Å²) in [5, 5.41) is 0. The summed E-state index contributed by atoms with van der Waals surface area (Å²) in [5.41, 5.74) is 0.282. The summed E-state index contributed by atoms with van der Waals surface area (Å²) in [6.07, 6.45) is 3.81. The van der Waals surface area contributed by atoms with Gasteiger partial charge in [0, 0.05) is 11.3 Å². The highest BCUT2D eigenvalue weighted by molar-refractivity contribution is 6.27.